The summed E-state index contributed by atoms with van der Waals surface area (Å²) in [7, 11) is 0. The molecule has 2 aliphatic carbocycles. The summed E-state index contributed by atoms with van der Waals surface area (Å²) in [5, 5.41) is 3.31. The highest BCUT2D eigenvalue weighted by atomic mass is 35.5. The van der Waals surface area contributed by atoms with Gasteiger partial charge in [-0.3, -0.25) is 14.4 Å². The van der Waals surface area contributed by atoms with Crippen molar-refractivity contribution in [2.24, 2.45) is 23.7 Å². The zero-order chi connectivity index (χ0) is 19.4. The molecule has 0 radical (unpaired) electrons. The Balaban J connectivity index is 1.44. The second kappa shape index (κ2) is 6.45. The topological polar surface area (TPSA) is 72.5 Å². The molecule has 3 aliphatic rings. The number of hydrogen-bond acceptors (Lipinski definition) is 4. The lowest BCUT2D eigenvalue weighted by atomic mass is 9.79. The number of esters is 1. The van der Waals surface area contributed by atoms with E-state index in [1.165, 1.54) is 0 Å². The summed E-state index contributed by atoms with van der Waals surface area (Å²) >= 11 is 6.11. The second-order valence-corrected chi connectivity index (χ2v) is 8.23. The summed E-state index contributed by atoms with van der Waals surface area (Å²) in [5.41, 5.74) is 1.26. The highest BCUT2D eigenvalue weighted by molar-refractivity contribution is 6.31. The zero-order valence-electron chi connectivity index (χ0n) is 14.9. The molecule has 5 rings (SSSR count). The number of nitrogens with one attached hydrogen (secondary N) is 1. The zero-order valence-corrected chi connectivity index (χ0v) is 15.7. The number of carbonyl (C=O) groups excluding carboxylic acids is 3. The molecule has 0 aromatic heterocycles. The quantitative estimate of drug-likeness (QED) is 0.632. The predicted molar refractivity (Wildman–Crippen MR) is 103 cm³/mol. The maximum Gasteiger partial charge on any atom is 0.310 e. The van der Waals surface area contributed by atoms with Crippen molar-refractivity contribution >= 4 is 34.9 Å². The van der Waals surface area contributed by atoms with Crippen LogP contribution in [0.15, 0.2) is 48.5 Å². The van der Waals surface area contributed by atoms with Gasteiger partial charge in [0.1, 0.15) is 6.10 Å². The van der Waals surface area contributed by atoms with Crippen LogP contribution in [0.1, 0.15) is 28.8 Å². The molecule has 0 spiro atoms. The van der Waals surface area contributed by atoms with Gasteiger partial charge in [-0.2, -0.15) is 0 Å². The number of carbonyl (C=O) groups is 3. The van der Waals surface area contributed by atoms with Gasteiger partial charge in [-0.25, -0.2) is 0 Å². The van der Waals surface area contributed by atoms with Crippen LogP contribution in [-0.4, -0.2) is 23.8 Å². The smallest absolute Gasteiger partial charge is 0.310 e. The van der Waals surface area contributed by atoms with Crippen LogP contribution >= 0.6 is 11.6 Å². The Hall–Kier alpha value is -2.66. The lowest BCUT2D eigenvalue weighted by Crippen LogP contribution is -2.36. The maximum absolute atomic E-state index is 13.1. The Morgan fingerprint density at radius 3 is 2.64 bits per heavy atom. The molecule has 3 fully saturated rings. The number of benzene rings is 2. The number of fused-ring (bicyclic) bond motifs is 1. The van der Waals surface area contributed by atoms with E-state index in [1.807, 2.05) is 6.07 Å². The summed E-state index contributed by atoms with van der Waals surface area (Å²) in [6.45, 7) is 0. The first-order valence-electron chi connectivity index (χ1n) is 9.43. The number of halogens is 1. The first-order valence-corrected chi connectivity index (χ1v) is 9.81. The van der Waals surface area contributed by atoms with Crippen molar-refractivity contribution in [2.75, 3.05) is 5.32 Å². The van der Waals surface area contributed by atoms with Crippen LogP contribution < -0.4 is 5.32 Å². The van der Waals surface area contributed by atoms with E-state index in [2.05, 4.69) is 5.32 Å². The van der Waals surface area contributed by atoms with Gasteiger partial charge < -0.3 is 10.1 Å². The van der Waals surface area contributed by atoms with Crippen molar-refractivity contribution < 1.29 is 19.1 Å². The minimum absolute atomic E-state index is 0.0164. The van der Waals surface area contributed by atoms with Crippen molar-refractivity contribution in [3.63, 3.8) is 0 Å². The molecule has 5 atom stereocenters. The molecule has 142 valence electrons. The molecular formula is C22H18ClNO4. The van der Waals surface area contributed by atoms with E-state index in [4.69, 9.17) is 16.3 Å². The summed E-state index contributed by atoms with van der Waals surface area (Å²) in [4.78, 5) is 38.2. The largest absolute Gasteiger partial charge is 0.462 e. The van der Waals surface area contributed by atoms with E-state index in [0.29, 0.717) is 21.8 Å². The average molecular weight is 396 g/mol. The molecule has 2 saturated carbocycles. The Bertz CT molecular complexity index is 987. The van der Waals surface area contributed by atoms with Crippen molar-refractivity contribution in [3.05, 3.63) is 64.7 Å². The Labute approximate surface area is 167 Å². The third-order valence-electron chi connectivity index (χ3n) is 6.31. The third kappa shape index (κ3) is 2.65. The number of ether oxygens (including phenoxy) is 1. The van der Waals surface area contributed by atoms with Gasteiger partial charge in [-0.05, 0) is 37.0 Å². The minimum Gasteiger partial charge on any atom is -0.462 e. The molecule has 5 nitrogen and oxygen atoms in total. The molecule has 1 saturated heterocycles. The summed E-state index contributed by atoms with van der Waals surface area (Å²) in [5.74, 6) is -1.13. The summed E-state index contributed by atoms with van der Waals surface area (Å²) in [6.07, 6.45) is 1.59. The Kier molecular flexibility index (Phi) is 4.02. The van der Waals surface area contributed by atoms with Crippen LogP contribution in [0, 0.1) is 23.7 Å². The number of rotatable bonds is 4. The van der Waals surface area contributed by atoms with Gasteiger partial charge in [-0.1, -0.05) is 41.9 Å². The molecule has 1 N–H and O–H groups in total. The van der Waals surface area contributed by atoms with Gasteiger partial charge in [0, 0.05) is 22.1 Å². The molecule has 6 heteroatoms. The molecule has 28 heavy (non-hydrogen) atoms. The van der Waals surface area contributed by atoms with Crippen molar-refractivity contribution in [3.8, 4) is 0 Å². The number of amides is 1. The predicted octanol–water partition coefficient (Wildman–Crippen LogP) is 3.71. The lowest BCUT2D eigenvalue weighted by molar-refractivity contribution is -0.145. The molecule has 0 unspecified atom stereocenters. The minimum atomic E-state index is -0.397. The fourth-order valence-corrected chi connectivity index (χ4v) is 5.31. The third-order valence-corrected chi connectivity index (χ3v) is 6.54. The molecule has 2 aromatic carbocycles. The van der Waals surface area contributed by atoms with E-state index < -0.39 is 5.92 Å². The lowest BCUT2D eigenvalue weighted by Gasteiger charge is -2.24. The fourth-order valence-electron chi connectivity index (χ4n) is 5.14. The highest BCUT2D eigenvalue weighted by Crippen LogP contribution is 2.57. The van der Waals surface area contributed by atoms with Crippen LogP contribution in [0.2, 0.25) is 5.02 Å². The van der Waals surface area contributed by atoms with Crippen LogP contribution in [0.25, 0.3) is 0 Å². The SMILES string of the molecule is O=C(c1ccccc1)c1cc(Cl)ccc1NC(=O)[C@@H]1[C@@H]2C[C@@H]3[C@H]1C(=O)O[C@H]3C2. The van der Waals surface area contributed by atoms with Gasteiger partial charge in [0.2, 0.25) is 5.91 Å². The van der Waals surface area contributed by atoms with Crippen LogP contribution in [0.3, 0.4) is 0 Å². The first kappa shape index (κ1) is 17.4. The fraction of sp³-hybridized carbons (Fsp3) is 0.318. The number of anilines is 1. The molecule has 1 heterocycles. The van der Waals surface area contributed by atoms with Crippen molar-refractivity contribution in [1.82, 2.24) is 0 Å². The monoisotopic (exact) mass is 395 g/mol. The average Bonchev–Trinajstić information content (AvgIpc) is 3.32. The maximum atomic E-state index is 13.1. The molecule has 2 aromatic rings. The Morgan fingerprint density at radius 2 is 1.86 bits per heavy atom. The van der Waals surface area contributed by atoms with Crippen molar-refractivity contribution in [2.45, 2.75) is 18.9 Å². The highest BCUT2D eigenvalue weighted by Gasteiger charge is 2.63. The standard InChI is InChI=1S/C22H18ClNO4/c23-13-6-7-16(14(10-13)20(25)11-4-2-1-3-5-11)24-21(26)18-12-8-15-17(9-12)28-22(27)19(15)18/h1-7,10,12,15,17-19H,8-9H2,(H,24,26)/t12-,15+,17+,18-,19-/m1/s1. The van der Waals surface area contributed by atoms with Crippen molar-refractivity contribution in [1.29, 1.82) is 0 Å². The van der Waals surface area contributed by atoms with Gasteiger partial charge in [0.25, 0.3) is 0 Å². The van der Waals surface area contributed by atoms with E-state index in [-0.39, 0.29) is 41.5 Å². The van der Waals surface area contributed by atoms with E-state index in [9.17, 15) is 14.4 Å². The molecule has 1 aliphatic heterocycles. The van der Waals surface area contributed by atoms with Crippen LogP contribution in [-0.2, 0) is 14.3 Å². The van der Waals surface area contributed by atoms with Gasteiger partial charge >= 0.3 is 5.97 Å². The molecule has 1 amide bonds. The van der Waals surface area contributed by atoms with E-state index in [1.54, 1.807) is 42.5 Å². The normalized spacial score (nSPS) is 29.6. The molecule has 2 bridgehead atoms. The number of ketones is 1. The summed E-state index contributed by atoms with van der Waals surface area (Å²) < 4.78 is 5.41. The number of hydrogen-bond donors (Lipinski definition) is 1. The van der Waals surface area contributed by atoms with Gasteiger partial charge in [0.15, 0.2) is 5.78 Å². The second-order valence-electron chi connectivity index (χ2n) is 7.80. The van der Waals surface area contributed by atoms with E-state index >= 15 is 0 Å². The molecular weight excluding hydrogens is 378 g/mol. The van der Waals surface area contributed by atoms with Crippen LogP contribution in [0.5, 0.6) is 0 Å². The van der Waals surface area contributed by atoms with Gasteiger partial charge in [0.05, 0.1) is 17.5 Å². The van der Waals surface area contributed by atoms with Crippen LogP contribution in [0.4, 0.5) is 5.69 Å². The Morgan fingerprint density at radius 1 is 1.07 bits per heavy atom. The first-order chi connectivity index (χ1) is 13.5. The van der Waals surface area contributed by atoms with E-state index in [0.717, 1.165) is 12.8 Å². The van der Waals surface area contributed by atoms with Gasteiger partial charge in [-0.15, -0.1) is 0 Å². The summed E-state index contributed by atoms with van der Waals surface area (Å²) in [6, 6.07) is 13.7.